The normalized spacial score (nSPS) is 22.3. The summed E-state index contributed by atoms with van der Waals surface area (Å²) in [6.45, 7) is 5.89. The van der Waals surface area contributed by atoms with E-state index in [1.165, 1.54) is 0 Å². The number of ketones is 1. The molecule has 2 aliphatic rings. The van der Waals surface area contributed by atoms with Crippen molar-refractivity contribution >= 4 is 61.0 Å². The Labute approximate surface area is 196 Å². The second-order valence-corrected chi connectivity index (χ2v) is 10.8. The number of hydrogen-bond donors (Lipinski definition) is 0. The minimum Gasteiger partial charge on any atom is -0.490 e. The van der Waals surface area contributed by atoms with Crippen molar-refractivity contribution in [2.24, 2.45) is 0 Å². The second kappa shape index (κ2) is 8.89. The Kier molecular flexibility index (Phi) is 6.64. The Bertz CT molecular complexity index is 935. The van der Waals surface area contributed by atoms with Crippen LogP contribution in [-0.2, 0) is 4.74 Å². The number of nitrogens with zero attached hydrogens (tertiary/aromatic N) is 1. The lowest BCUT2D eigenvalue weighted by Gasteiger charge is -2.41. The van der Waals surface area contributed by atoms with Crippen LogP contribution < -0.4 is 4.74 Å². The van der Waals surface area contributed by atoms with E-state index in [1.54, 1.807) is 11.8 Å². The van der Waals surface area contributed by atoms with E-state index in [-0.39, 0.29) is 5.78 Å². The van der Waals surface area contributed by atoms with Gasteiger partial charge >= 0.3 is 0 Å². The summed E-state index contributed by atoms with van der Waals surface area (Å²) in [6, 6.07) is 9.50. The first kappa shape index (κ1) is 21.7. The number of rotatable bonds is 4. The monoisotopic (exact) mass is 559 g/mol. The molecule has 0 spiro atoms. The van der Waals surface area contributed by atoms with Crippen LogP contribution in [0.15, 0.2) is 44.2 Å². The molecule has 0 unspecified atom stereocenters. The van der Waals surface area contributed by atoms with Crippen molar-refractivity contribution in [3.63, 3.8) is 0 Å². The van der Waals surface area contributed by atoms with Gasteiger partial charge in [0.1, 0.15) is 17.1 Å². The predicted octanol–water partition coefficient (Wildman–Crippen LogP) is 5.61. The third-order valence-corrected chi connectivity index (χ3v) is 8.58. The molecule has 1 atom stereocenters. The standard InChI is InChI=1S/C21H20Br2ClNO3S/c1-13-17(22)10-16-19(18(13)23)28-12-21(20(16)26,11-25-6-8-27-9-7-25)29-15-4-2-14(24)3-5-15/h2-5,10H,6-9,11-12H2,1H3/t21-/m1/s1. The van der Waals surface area contributed by atoms with Crippen molar-refractivity contribution in [1.82, 2.24) is 4.90 Å². The number of carbonyl (C=O) groups is 1. The van der Waals surface area contributed by atoms with Crippen LogP contribution >= 0.6 is 55.2 Å². The minimum atomic E-state index is -0.744. The quantitative estimate of drug-likeness (QED) is 0.485. The van der Waals surface area contributed by atoms with Crippen LogP contribution in [0.2, 0.25) is 5.02 Å². The average Bonchev–Trinajstić information content (AvgIpc) is 2.72. The Morgan fingerprint density at radius 1 is 1.21 bits per heavy atom. The highest BCUT2D eigenvalue weighted by atomic mass is 79.9. The fraction of sp³-hybridized carbons (Fsp3) is 0.381. The van der Waals surface area contributed by atoms with Gasteiger partial charge in [-0.1, -0.05) is 27.5 Å². The summed E-state index contributed by atoms with van der Waals surface area (Å²) < 4.78 is 12.7. The fourth-order valence-corrected chi connectivity index (χ4v) is 6.23. The summed E-state index contributed by atoms with van der Waals surface area (Å²) in [5, 5.41) is 0.677. The number of hydrogen-bond acceptors (Lipinski definition) is 5. The molecule has 0 amide bonds. The van der Waals surface area contributed by atoms with Crippen molar-refractivity contribution in [2.45, 2.75) is 16.6 Å². The summed E-state index contributed by atoms with van der Waals surface area (Å²) in [7, 11) is 0. The maximum absolute atomic E-state index is 13.9. The summed E-state index contributed by atoms with van der Waals surface area (Å²) in [5.41, 5.74) is 1.62. The highest BCUT2D eigenvalue weighted by Crippen LogP contribution is 2.46. The molecule has 2 aromatic rings. The highest BCUT2D eigenvalue weighted by molar-refractivity contribution is 9.11. The minimum absolute atomic E-state index is 0.0894. The van der Waals surface area contributed by atoms with Crippen molar-refractivity contribution in [3.05, 3.63) is 55.4 Å². The van der Waals surface area contributed by atoms with Crippen molar-refractivity contribution in [1.29, 1.82) is 0 Å². The van der Waals surface area contributed by atoms with E-state index in [4.69, 9.17) is 21.1 Å². The smallest absolute Gasteiger partial charge is 0.187 e. The number of benzene rings is 2. The molecule has 4 rings (SSSR count). The van der Waals surface area contributed by atoms with Crippen LogP contribution in [0.25, 0.3) is 0 Å². The highest BCUT2D eigenvalue weighted by Gasteiger charge is 2.47. The molecule has 1 saturated heterocycles. The first-order chi connectivity index (χ1) is 13.9. The zero-order valence-corrected chi connectivity index (χ0v) is 20.6. The molecule has 154 valence electrons. The fourth-order valence-electron chi connectivity index (χ4n) is 3.58. The maximum Gasteiger partial charge on any atom is 0.187 e. The van der Waals surface area contributed by atoms with Gasteiger partial charge in [-0.05, 0) is 58.7 Å². The Hall–Kier alpha value is -0.570. The molecule has 0 saturated carbocycles. The molecule has 0 radical (unpaired) electrons. The van der Waals surface area contributed by atoms with E-state index in [0.29, 0.717) is 42.7 Å². The molecule has 2 aromatic carbocycles. The summed E-state index contributed by atoms with van der Waals surface area (Å²) >= 11 is 14.8. The summed E-state index contributed by atoms with van der Waals surface area (Å²) in [6.07, 6.45) is 0. The van der Waals surface area contributed by atoms with Crippen LogP contribution in [0.3, 0.4) is 0 Å². The lowest BCUT2D eigenvalue weighted by Crippen LogP contribution is -2.54. The summed E-state index contributed by atoms with van der Waals surface area (Å²) in [4.78, 5) is 17.2. The van der Waals surface area contributed by atoms with E-state index in [9.17, 15) is 4.79 Å². The van der Waals surface area contributed by atoms with Gasteiger partial charge in [-0.15, -0.1) is 11.8 Å². The van der Waals surface area contributed by atoms with Crippen LogP contribution in [0.4, 0.5) is 0 Å². The van der Waals surface area contributed by atoms with Gasteiger partial charge in [-0.25, -0.2) is 0 Å². The third kappa shape index (κ3) is 4.41. The third-order valence-electron chi connectivity index (χ3n) is 5.22. The molecular formula is C21H20Br2ClNO3S. The van der Waals surface area contributed by atoms with Crippen molar-refractivity contribution in [3.8, 4) is 5.75 Å². The largest absolute Gasteiger partial charge is 0.490 e. The maximum atomic E-state index is 13.9. The molecular weight excluding hydrogens is 542 g/mol. The van der Waals surface area contributed by atoms with Gasteiger partial charge < -0.3 is 9.47 Å². The Morgan fingerprint density at radius 3 is 2.59 bits per heavy atom. The number of ether oxygens (including phenoxy) is 2. The lowest BCUT2D eigenvalue weighted by molar-refractivity contribution is 0.0287. The number of carbonyl (C=O) groups excluding carboxylic acids is 1. The molecule has 0 N–H and O–H groups in total. The first-order valence-electron chi connectivity index (χ1n) is 9.30. The molecule has 29 heavy (non-hydrogen) atoms. The van der Waals surface area contributed by atoms with E-state index >= 15 is 0 Å². The Morgan fingerprint density at radius 2 is 1.90 bits per heavy atom. The SMILES string of the molecule is Cc1c(Br)cc2c(c1Br)OC[C@@](CN1CCOCC1)(Sc1ccc(Cl)cc1)C2=O. The molecule has 8 heteroatoms. The van der Waals surface area contributed by atoms with Crippen LogP contribution in [-0.4, -0.2) is 54.9 Å². The molecule has 4 nitrogen and oxygen atoms in total. The van der Waals surface area contributed by atoms with E-state index in [1.807, 2.05) is 37.3 Å². The number of morpholine rings is 1. The second-order valence-electron chi connectivity index (χ2n) is 7.23. The van der Waals surface area contributed by atoms with Gasteiger partial charge in [0.2, 0.25) is 0 Å². The zero-order chi connectivity index (χ0) is 20.6. The van der Waals surface area contributed by atoms with Gasteiger partial charge in [-0.2, -0.15) is 0 Å². The van der Waals surface area contributed by atoms with Crippen molar-refractivity contribution < 1.29 is 14.3 Å². The Balaban J connectivity index is 1.73. The van der Waals surface area contributed by atoms with Gasteiger partial charge in [0, 0.05) is 34.0 Å². The molecule has 2 heterocycles. The van der Waals surface area contributed by atoms with E-state index in [0.717, 1.165) is 32.5 Å². The van der Waals surface area contributed by atoms with E-state index < -0.39 is 4.75 Å². The molecule has 0 bridgehead atoms. The molecule has 0 aromatic heterocycles. The topological polar surface area (TPSA) is 38.8 Å². The number of Topliss-reactive ketones (excluding diaryl/α,β-unsaturated/α-hetero) is 1. The first-order valence-corrected chi connectivity index (χ1v) is 12.1. The van der Waals surface area contributed by atoms with Gasteiger partial charge in [-0.3, -0.25) is 9.69 Å². The number of fused-ring (bicyclic) bond motifs is 1. The molecule has 1 fully saturated rings. The van der Waals surface area contributed by atoms with Crippen LogP contribution in [0, 0.1) is 6.92 Å². The van der Waals surface area contributed by atoms with Crippen molar-refractivity contribution in [2.75, 3.05) is 39.5 Å². The molecule has 2 aliphatic heterocycles. The lowest BCUT2D eigenvalue weighted by atomic mass is 9.92. The number of halogens is 3. The van der Waals surface area contributed by atoms with Gasteiger partial charge in [0.25, 0.3) is 0 Å². The van der Waals surface area contributed by atoms with E-state index in [2.05, 4.69) is 36.8 Å². The molecule has 0 aliphatic carbocycles. The predicted molar refractivity (Wildman–Crippen MR) is 124 cm³/mol. The zero-order valence-electron chi connectivity index (χ0n) is 15.8. The summed E-state index contributed by atoms with van der Waals surface area (Å²) in [5.74, 6) is 0.719. The van der Waals surface area contributed by atoms with Gasteiger partial charge in [0.05, 0.1) is 23.2 Å². The number of thioether (sulfide) groups is 1. The van der Waals surface area contributed by atoms with Crippen LogP contribution in [0.5, 0.6) is 5.75 Å². The average molecular weight is 562 g/mol. The van der Waals surface area contributed by atoms with Crippen LogP contribution in [0.1, 0.15) is 15.9 Å². The van der Waals surface area contributed by atoms with Gasteiger partial charge in [0.15, 0.2) is 5.78 Å².